The van der Waals surface area contributed by atoms with Gasteiger partial charge < -0.3 is 0 Å². The number of hydrogen-bond donors (Lipinski definition) is 1. The second kappa shape index (κ2) is 4.35. The molecular formula is C12H15N. The van der Waals surface area contributed by atoms with Crippen LogP contribution in [0.15, 0.2) is 0 Å². The Bertz CT molecular complexity index is 254. The molecule has 2 rings (SSSR count). The maximum atomic E-state index is 3.51. The van der Waals surface area contributed by atoms with Crippen molar-refractivity contribution in [1.29, 1.82) is 0 Å². The molecule has 0 radical (unpaired) electrons. The summed E-state index contributed by atoms with van der Waals surface area (Å²) >= 11 is 0. The fourth-order valence-corrected chi connectivity index (χ4v) is 1.82. The Morgan fingerprint density at radius 3 is 1.77 bits per heavy atom. The molecule has 0 spiro atoms. The molecule has 2 atom stereocenters. The third-order valence-electron chi connectivity index (χ3n) is 2.54. The highest BCUT2D eigenvalue weighted by molar-refractivity contribution is 5.16. The average molecular weight is 173 g/mol. The van der Waals surface area contributed by atoms with Gasteiger partial charge in [-0.1, -0.05) is 11.8 Å². The lowest BCUT2D eigenvalue weighted by Crippen LogP contribution is -2.38. The van der Waals surface area contributed by atoms with Crippen molar-refractivity contribution in [1.82, 2.24) is 5.32 Å². The maximum Gasteiger partial charge on any atom is 0.0699 e. The van der Waals surface area contributed by atoms with Crippen LogP contribution in [0.4, 0.5) is 0 Å². The van der Waals surface area contributed by atoms with E-state index in [1.54, 1.807) is 0 Å². The molecular weight excluding hydrogens is 158 g/mol. The summed E-state index contributed by atoms with van der Waals surface area (Å²) in [5.41, 5.74) is 0. The normalized spacial score (nSPS) is 31.1. The molecule has 0 aliphatic heterocycles. The van der Waals surface area contributed by atoms with Crippen LogP contribution in [0.5, 0.6) is 0 Å². The number of hydrogen-bond acceptors (Lipinski definition) is 1. The van der Waals surface area contributed by atoms with Crippen LogP contribution in [0.2, 0.25) is 0 Å². The molecule has 0 fully saturated rings. The summed E-state index contributed by atoms with van der Waals surface area (Å²) < 4.78 is 0. The van der Waals surface area contributed by atoms with Gasteiger partial charge in [0.05, 0.1) is 12.1 Å². The zero-order chi connectivity index (χ0) is 8.93. The third kappa shape index (κ3) is 2.51. The Morgan fingerprint density at radius 2 is 1.38 bits per heavy atom. The standard InChI is InChI=1S/C12H15N/c1-3-7-11(8-4-1)13-12-9-5-2-6-10-12/h11-13H,1-3,5,7,9H2. The van der Waals surface area contributed by atoms with Crippen molar-refractivity contribution in [2.45, 2.75) is 50.6 Å². The summed E-state index contributed by atoms with van der Waals surface area (Å²) in [6.07, 6.45) is 7.04. The van der Waals surface area contributed by atoms with E-state index in [9.17, 15) is 0 Å². The maximum absolute atomic E-state index is 3.51. The van der Waals surface area contributed by atoms with Crippen molar-refractivity contribution >= 4 is 0 Å². The summed E-state index contributed by atoms with van der Waals surface area (Å²) in [7, 11) is 0. The predicted octanol–water partition coefficient (Wildman–Crippen LogP) is 1.69. The zero-order valence-corrected chi connectivity index (χ0v) is 7.90. The quantitative estimate of drug-likeness (QED) is 0.627. The molecule has 2 aliphatic carbocycles. The first-order valence-electron chi connectivity index (χ1n) is 5.18. The van der Waals surface area contributed by atoms with Crippen LogP contribution in [0, 0.1) is 23.7 Å². The summed E-state index contributed by atoms with van der Waals surface area (Å²) in [5, 5.41) is 3.51. The average Bonchev–Trinajstić information content (AvgIpc) is 2.21. The van der Waals surface area contributed by atoms with Crippen LogP contribution in [-0.4, -0.2) is 12.1 Å². The molecule has 0 heterocycles. The van der Waals surface area contributed by atoms with Gasteiger partial charge in [0.25, 0.3) is 0 Å². The summed E-state index contributed by atoms with van der Waals surface area (Å²) in [4.78, 5) is 0. The van der Waals surface area contributed by atoms with Crippen LogP contribution in [0.1, 0.15) is 38.5 Å². The first-order valence-corrected chi connectivity index (χ1v) is 5.18. The van der Waals surface area contributed by atoms with Gasteiger partial charge in [-0.05, 0) is 25.7 Å². The zero-order valence-electron chi connectivity index (χ0n) is 7.90. The molecule has 68 valence electrons. The van der Waals surface area contributed by atoms with E-state index in [2.05, 4.69) is 29.0 Å². The highest BCUT2D eigenvalue weighted by Gasteiger charge is 2.13. The molecule has 2 unspecified atom stereocenters. The summed E-state index contributed by atoms with van der Waals surface area (Å²) in [6, 6.07) is 0.817. The predicted molar refractivity (Wildman–Crippen MR) is 54.0 cm³/mol. The van der Waals surface area contributed by atoms with Gasteiger partial charge in [0.15, 0.2) is 0 Å². The fraction of sp³-hybridized carbons (Fsp3) is 0.667. The van der Waals surface area contributed by atoms with Gasteiger partial charge >= 0.3 is 0 Å². The Hall–Kier alpha value is -0.920. The van der Waals surface area contributed by atoms with Crippen LogP contribution in [-0.2, 0) is 0 Å². The fourth-order valence-electron chi connectivity index (χ4n) is 1.82. The van der Waals surface area contributed by atoms with Gasteiger partial charge in [0.2, 0.25) is 0 Å². The van der Waals surface area contributed by atoms with E-state index in [1.807, 2.05) is 0 Å². The molecule has 1 heteroatoms. The molecule has 0 amide bonds. The van der Waals surface area contributed by atoms with Gasteiger partial charge in [-0.2, -0.15) is 0 Å². The van der Waals surface area contributed by atoms with Crippen LogP contribution >= 0.6 is 0 Å². The van der Waals surface area contributed by atoms with Gasteiger partial charge in [-0.15, -0.1) is 11.8 Å². The van der Waals surface area contributed by atoms with Crippen molar-refractivity contribution in [3.8, 4) is 23.7 Å². The molecule has 0 bridgehead atoms. The summed E-state index contributed by atoms with van der Waals surface area (Å²) in [5.74, 6) is 12.8. The lowest BCUT2D eigenvalue weighted by molar-refractivity contribution is 0.475. The van der Waals surface area contributed by atoms with Crippen molar-refractivity contribution < 1.29 is 0 Å². The Balaban J connectivity index is 1.87. The molecule has 13 heavy (non-hydrogen) atoms. The van der Waals surface area contributed by atoms with E-state index in [0.717, 1.165) is 12.8 Å². The second-order valence-electron chi connectivity index (χ2n) is 3.70. The van der Waals surface area contributed by atoms with Gasteiger partial charge in [-0.25, -0.2) is 0 Å². The monoisotopic (exact) mass is 173 g/mol. The highest BCUT2D eigenvalue weighted by Crippen LogP contribution is 2.09. The van der Waals surface area contributed by atoms with Gasteiger partial charge in [0.1, 0.15) is 0 Å². The molecule has 2 aliphatic rings. The molecule has 0 aromatic carbocycles. The minimum atomic E-state index is 0.408. The molecule has 0 saturated heterocycles. The van der Waals surface area contributed by atoms with Crippen LogP contribution < -0.4 is 5.32 Å². The van der Waals surface area contributed by atoms with E-state index in [1.165, 1.54) is 25.7 Å². The first kappa shape index (κ1) is 8.67. The molecule has 1 nitrogen and oxygen atoms in total. The Labute approximate surface area is 80.3 Å². The highest BCUT2D eigenvalue weighted by atomic mass is 14.9. The lowest BCUT2D eigenvalue weighted by atomic mass is 10.0. The summed E-state index contributed by atoms with van der Waals surface area (Å²) in [6.45, 7) is 0. The molecule has 0 aromatic rings. The van der Waals surface area contributed by atoms with Crippen molar-refractivity contribution in [2.75, 3.05) is 0 Å². The van der Waals surface area contributed by atoms with E-state index < -0.39 is 0 Å². The van der Waals surface area contributed by atoms with Crippen molar-refractivity contribution in [3.05, 3.63) is 0 Å². The Morgan fingerprint density at radius 1 is 0.846 bits per heavy atom. The smallest absolute Gasteiger partial charge is 0.0699 e. The second-order valence-corrected chi connectivity index (χ2v) is 3.70. The van der Waals surface area contributed by atoms with Gasteiger partial charge in [-0.3, -0.25) is 5.32 Å². The lowest BCUT2D eigenvalue weighted by Gasteiger charge is -2.21. The van der Waals surface area contributed by atoms with E-state index in [0.29, 0.717) is 12.1 Å². The topological polar surface area (TPSA) is 12.0 Å². The van der Waals surface area contributed by atoms with Crippen LogP contribution in [0.3, 0.4) is 0 Å². The largest absolute Gasteiger partial charge is 0.290 e. The van der Waals surface area contributed by atoms with E-state index in [4.69, 9.17) is 0 Å². The number of rotatable bonds is 2. The van der Waals surface area contributed by atoms with Crippen molar-refractivity contribution in [3.63, 3.8) is 0 Å². The minimum absolute atomic E-state index is 0.408. The SMILES string of the molecule is C1#CC(NC2C#CCCC2)CCC1. The van der Waals surface area contributed by atoms with Gasteiger partial charge in [0, 0.05) is 12.8 Å². The van der Waals surface area contributed by atoms with E-state index >= 15 is 0 Å². The molecule has 0 aromatic heterocycles. The van der Waals surface area contributed by atoms with E-state index in [-0.39, 0.29) is 0 Å². The third-order valence-corrected chi connectivity index (χ3v) is 2.54. The van der Waals surface area contributed by atoms with Crippen LogP contribution in [0.25, 0.3) is 0 Å². The molecule has 0 saturated carbocycles. The number of nitrogens with one attached hydrogen (secondary N) is 1. The first-order chi connectivity index (χ1) is 6.45. The Kier molecular flexibility index (Phi) is 2.90. The minimum Gasteiger partial charge on any atom is -0.290 e. The van der Waals surface area contributed by atoms with Crippen molar-refractivity contribution in [2.24, 2.45) is 0 Å². The molecule has 1 N–H and O–H groups in total.